The topological polar surface area (TPSA) is 55.4 Å². The van der Waals surface area contributed by atoms with Crippen LogP contribution in [0.25, 0.3) is 0 Å². The lowest BCUT2D eigenvalue weighted by Gasteiger charge is -2.20. The van der Waals surface area contributed by atoms with Crippen LogP contribution in [0.4, 0.5) is 8.78 Å². The summed E-state index contributed by atoms with van der Waals surface area (Å²) < 4.78 is 28.5. The molecule has 1 heterocycles. The van der Waals surface area contributed by atoms with Crippen LogP contribution in [0.2, 0.25) is 0 Å². The van der Waals surface area contributed by atoms with E-state index in [4.69, 9.17) is 0 Å². The summed E-state index contributed by atoms with van der Waals surface area (Å²) in [4.78, 5) is 22.9. The number of alkyl halides is 2. The zero-order valence-electron chi connectivity index (χ0n) is 9.57. The molecule has 0 saturated carbocycles. The second-order valence-corrected chi connectivity index (χ2v) is 4.29. The van der Waals surface area contributed by atoms with Crippen molar-refractivity contribution >= 4 is 11.8 Å². The molecule has 1 atom stereocenters. The zero-order valence-corrected chi connectivity index (χ0v) is 9.57. The van der Waals surface area contributed by atoms with E-state index in [1.165, 1.54) is 18.2 Å². The first kappa shape index (κ1) is 12.5. The van der Waals surface area contributed by atoms with E-state index in [0.717, 1.165) is 0 Å². The van der Waals surface area contributed by atoms with Crippen LogP contribution in [0.3, 0.4) is 0 Å². The number of hydrogen-bond acceptors (Lipinski definition) is 3. The van der Waals surface area contributed by atoms with Gasteiger partial charge in [0.1, 0.15) is 5.75 Å². The van der Waals surface area contributed by atoms with Crippen molar-refractivity contribution in [3.63, 3.8) is 0 Å². The van der Waals surface area contributed by atoms with E-state index in [-0.39, 0.29) is 18.1 Å². The van der Waals surface area contributed by atoms with Crippen molar-refractivity contribution in [2.45, 2.75) is 25.4 Å². The summed E-state index contributed by atoms with van der Waals surface area (Å²) in [5.74, 6) is -0.833. The van der Waals surface area contributed by atoms with E-state index in [1.807, 2.05) is 0 Å². The van der Waals surface area contributed by atoms with Gasteiger partial charge in [0, 0.05) is 6.42 Å². The molecule has 6 heteroatoms. The van der Waals surface area contributed by atoms with Gasteiger partial charge in [0.2, 0.25) is 11.8 Å². The Balaban J connectivity index is 2.33. The SMILES string of the molecule is CC1(c2cccc(OC(F)F)c2)CC(=O)NC1=O. The van der Waals surface area contributed by atoms with Gasteiger partial charge in [-0.15, -0.1) is 0 Å². The minimum atomic E-state index is -2.92. The summed E-state index contributed by atoms with van der Waals surface area (Å²) in [6.07, 6.45) is 0.00393. The fourth-order valence-corrected chi connectivity index (χ4v) is 1.96. The van der Waals surface area contributed by atoms with Crippen molar-refractivity contribution in [2.24, 2.45) is 0 Å². The van der Waals surface area contributed by atoms with E-state index in [1.54, 1.807) is 13.0 Å². The Hall–Kier alpha value is -1.98. The molecule has 1 aliphatic rings. The van der Waals surface area contributed by atoms with E-state index in [2.05, 4.69) is 10.1 Å². The van der Waals surface area contributed by atoms with Crippen LogP contribution in [0.15, 0.2) is 24.3 Å². The molecule has 0 radical (unpaired) electrons. The molecule has 1 saturated heterocycles. The molecular weight excluding hydrogens is 244 g/mol. The van der Waals surface area contributed by atoms with Gasteiger partial charge in [-0.3, -0.25) is 14.9 Å². The third-order valence-corrected chi connectivity index (χ3v) is 2.96. The maximum Gasteiger partial charge on any atom is 0.387 e. The molecule has 0 aliphatic carbocycles. The van der Waals surface area contributed by atoms with Gasteiger partial charge in [-0.2, -0.15) is 8.78 Å². The number of halogens is 2. The molecule has 4 nitrogen and oxygen atoms in total. The standard InChI is InChI=1S/C12H11F2NO3/c1-12(6-9(16)15-10(12)17)7-3-2-4-8(5-7)18-11(13)14/h2-5,11H,6H2,1H3,(H,15,16,17). The Morgan fingerprint density at radius 3 is 2.67 bits per heavy atom. The maximum atomic E-state index is 12.1. The average Bonchev–Trinajstić information content (AvgIpc) is 2.53. The number of carbonyl (C=O) groups is 2. The fraction of sp³-hybridized carbons (Fsp3) is 0.333. The molecule has 1 aromatic rings. The quantitative estimate of drug-likeness (QED) is 0.834. The van der Waals surface area contributed by atoms with Crippen LogP contribution in [0.1, 0.15) is 18.9 Å². The van der Waals surface area contributed by atoms with E-state index >= 15 is 0 Å². The first-order valence-corrected chi connectivity index (χ1v) is 5.31. The molecule has 1 unspecified atom stereocenters. The summed E-state index contributed by atoms with van der Waals surface area (Å²) in [5, 5.41) is 2.20. The summed E-state index contributed by atoms with van der Waals surface area (Å²) in [5.41, 5.74) is -0.553. The number of amides is 2. The number of ether oxygens (including phenoxy) is 1. The number of hydrogen-bond donors (Lipinski definition) is 1. The van der Waals surface area contributed by atoms with Crippen molar-refractivity contribution in [1.29, 1.82) is 0 Å². The molecule has 0 bridgehead atoms. The second kappa shape index (κ2) is 4.36. The second-order valence-electron chi connectivity index (χ2n) is 4.29. The van der Waals surface area contributed by atoms with Crippen molar-refractivity contribution < 1.29 is 23.1 Å². The molecule has 2 rings (SSSR count). The van der Waals surface area contributed by atoms with E-state index in [9.17, 15) is 18.4 Å². The minimum absolute atomic E-state index is 0.00393. The van der Waals surface area contributed by atoms with Crippen molar-refractivity contribution in [3.05, 3.63) is 29.8 Å². The molecule has 0 aromatic heterocycles. The average molecular weight is 255 g/mol. The van der Waals surface area contributed by atoms with Crippen LogP contribution in [0, 0.1) is 0 Å². The highest BCUT2D eigenvalue weighted by atomic mass is 19.3. The monoisotopic (exact) mass is 255 g/mol. The molecule has 2 amide bonds. The van der Waals surface area contributed by atoms with Gasteiger partial charge in [0.15, 0.2) is 0 Å². The van der Waals surface area contributed by atoms with Gasteiger partial charge in [-0.25, -0.2) is 0 Å². The molecule has 1 N–H and O–H groups in total. The molecule has 0 spiro atoms. The van der Waals surface area contributed by atoms with Gasteiger partial charge < -0.3 is 4.74 Å². The largest absolute Gasteiger partial charge is 0.435 e. The number of benzene rings is 1. The number of nitrogens with one attached hydrogen (secondary N) is 1. The van der Waals surface area contributed by atoms with Gasteiger partial charge >= 0.3 is 6.61 Å². The van der Waals surface area contributed by atoms with Crippen molar-refractivity contribution in [3.8, 4) is 5.75 Å². The number of carbonyl (C=O) groups excluding carboxylic acids is 2. The molecule has 18 heavy (non-hydrogen) atoms. The van der Waals surface area contributed by atoms with Crippen LogP contribution in [-0.2, 0) is 15.0 Å². The Morgan fingerprint density at radius 1 is 1.39 bits per heavy atom. The number of rotatable bonds is 3. The first-order chi connectivity index (χ1) is 8.41. The van der Waals surface area contributed by atoms with Crippen molar-refractivity contribution in [2.75, 3.05) is 0 Å². The Morgan fingerprint density at radius 2 is 2.11 bits per heavy atom. The Labute approximate surface area is 102 Å². The molecular formula is C12H11F2NO3. The summed E-state index contributed by atoms with van der Waals surface area (Å²) >= 11 is 0. The normalized spacial score (nSPS) is 23.3. The van der Waals surface area contributed by atoms with Crippen LogP contribution >= 0.6 is 0 Å². The van der Waals surface area contributed by atoms with E-state index in [0.29, 0.717) is 5.56 Å². The van der Waals surface area contributed by atoms with Crippen molar-refractivity contribution in [1.82, 2.24) is 5.32 Å². The first-order valence-electron chi connectivity index (χ1n) is 5.31. The van der Waals surface area contributed by atoms with Crippen LogP contribution < -0.4 is 10.1 Å². The highest BCUT2D eigenvalue weighted by Gasteiger charge is 2.44. The molecule has 1 aromatic carbocycles. The minimum Gasteiger partial charge on any atom is -0.435 e. The van der Waals surface area contributed by atoms with Gasteiger partial charge in [0.25, 0.3) is 0 Å². The summed E-state index contributed by atoms with van der Waals surface area (Å²) in [6, 6.07) is 5.84. The van der Waals surface area contributed by atoms with Crippen LogP contribution in [0.5, 0.6) is 5.75 Å². The van der Waals surface area contributed by atoms with E-state index < -0.39 is 17.9 Å². The number of imide groups is 1. The Kier molecular flexibility index (Phi) is 3.02. The van der Waals surface area contributed by atoms with Gasteiger partial charge in [-0.05, 0) is 24.6 Å². The molecule has 96 valence electrons. The predicted octanol–water partition coefficient (Wildman–Crippen LogP) is 1.59. The summed E-state index contributed by atoms with van der Waals surface area (Å²) in [6.45, 7) is -1.33. The molecule has 1 aliphatic heterocycles. The lowest BCUT2D eigenvalue weighted by Crippen LogP contribution is -2.32. The third kappa shape index (κ3) is 2.18. The predicted molar refractivity (Wildman–Crippen MR) is 58.2 cm³/mol. The highest BCUT2D eigenvalue weighted by Crippen LogP contribution is 2.33. The highest BCUT2D eigenvalue weighted by molar-refractivity contribution is 6.08. The molecule has 1 fully saturated rings. The van der Waals surface area contributed by atoms with Crippen LogP contribution in [-0.4, -0.2) is 18.4 Å². The lowest BCUT2D eigenvalue weighted by atomic mass is 9.81. The van der Waals surface area contributed by atoms with Gasteiger partial charge in [-0.1, -0.05) is 12.1 Å². The van der Waals surface area contributed by atoms with Gasteiger partial charge in [0.05, 0.1) is 5.41 Å². The summed E-state index contributed by atoms with van der Waals surface area (Å²) in [7, 11) is 0. The maximum absolute atomic E-state index is 12.1. The fourth-order valence-electron chi connectivity index (χ4n) is 1.96. The third-order valence-electron chi connectivity index (χ3n) is 2.96. The lowest BCUT2D eigenvalue weighted by molar-refractivity contribution is -0.126. The zero-order chi connectivity index (χ0) is 13.3. The Bertz CT molecular complexity index is 504. The smallest absolute Gasteiger partial charge is 0.387 e.